The van der Waals surface area contributed by atoms with Gasteiger partial charge in [-0.3, -0.25) is 5.10 Å². The van der Waals surface area contributed by atoms with Gasteiger partial charge in [0.05, 0.1) is 82.2 Å². The first kappa shape index (κ1) is 93.8. The van der Waals surface area contributed by atoms with Crippen LogP contribution in [0, 0.1) is 50.0 Å². The lowest BCUT2D eigenvalue weighted by atomic mass is 9.91. The van der Waals surface area contributed by atoms with E-state index in [1.807, 2.05) is 130 Å². The molecule has 0 aromatic carbocycles. The second-order valence-corrected chi connectivity index (χ2v) is 34.8. The molecule has 4 amide bonds. The molecule has 0 aliphatic carbocycles. The summed E-state index contributed by atoms with van der Waals surface area (Å²) in [5.41, 5.74) is 5.33. The van der Waals surface area contributed by atoms with Crippen LogP contribution >= 0.6 is 74.5 Å². The summed E-state index contributed by atoms with van der Waals surface area (Å²) in [5.74, 6) is 5.77. The van der Waals surface area contributed by atoms with Crippen molar-refractivity contribution in [3.05, 3.63) is 97.0 Å². The number of aromatic nitrogens is 12. The largest absolute Gasteiger partial charge is 0.448 e. The third kappa shape index (κ3) is 21.4. The number of hydrogen-bond donors (Lipinski definition) is 6. The minimum atomic E-state index is -0.837. The molecule has 3 atom stereocenters. The molecule has 6 aliphatic rings. The highest BCUT2D eigenvalue weighted by Crippen LogP contribution is 2.45. The molecule has 0 bridgehead atoms. The summed E-state index contributed by atoms with van der Waals surface area (Å²) in [6.45, 7) is 30.0. The molecule has 0 unspecified atom stereocenters. The van der Waals surface area contributed by atoms with E-state index in [1.165, 1.54) is 20.7 Å². The van der Waals surface area contributed by atoms with Gasteiger partial charge in [-0.05, 0) is 203 Å². The SMILES string of the molecule is CCOC(=O)n1nc(Cc2nc(C)nc3sccc23)c2c1C(C)(C)NC2.CCOC(=O)n1nc(Nc2nc(C)nc3sccc23)c2c1C(C)(C)N(C(=O)N[C@H](CN(C)C)C1CCOCC1)C2.CN(C)C[C@@H](OC#N)C1CCOCC1.Cc1nc(Nc2n[nH]c3c2CN(C(=O)N[C@H](CN(C)C)C2CCOCC2)C3(C)C)c2ccsc2n1.S.S.S. The number of rotatable bonds is 20. The van der Waals surface area contributed by atoms with Crippen LogP contribution in [0.4, 0.5) is 42.4 Å². The van der Waals surface area contributed by atoms with Crippen LogP contribution in [0.5, 0.6) is 0 Å². The highest BCUT2D eigenvalue weighted by atomic mass is 32.1. The fourth-order valence-electron chi connectivity index (χ4n) is 16.2. The Bertz CT molecular complexity index is 4940. The van der Waals surface area contributed by atoms with Gasteiger partial charge in [-0.25, -0.2) is 49.1 Å². The van der Waals surface area contributed by atoms with E-state index in [0.29, 0.717) is 91.9 Å². The molecule has 3 saturated heterocycles. The third-order valence-electron chi connectivity index (χ3n) is 21.9. The number of nitrogens with zero attached hydrogens (tertiary/aromatic N) is 17. The van der Waals surface area contributed by atoms with Gasteiger partial charge in [-0.2, -0.15) is 65.3 Å². The normalized spacial score (nSPS) is 17.4. The van der Waals surface area contributed by atoms with Gasteiger partial charge in [-0.15, -0.1) is 39.1 Å². The molecule has 15 heterocycles. The first-order valence-corrected chi connectivity index (χ1v) is 42.1. The molecular formula is C79H117N23O10S6. The Hall–Kier alpha value is -8.11. The lowest BCUT2D eigenvalue weighted by Crippen LogP contribution is -2.54. The Morgan fingerprint density at radius 3 is 1.48 bits per heavy atom. The van der Waals surface area contributed by atoms with Crippen molar-refractivity contribution in [3.8, 4) is 6.26 Å². The number of urea groups is 2. The van der Waals surface area contributed by atoms with E-state index in [2.05, 4.69) is 105 Å². The monoisotopic (exact) mass is 1740 g/mol. The van der Waals surface area contributed by atoms with Gasteiger partial charge in [0, 0.05) is 112 Å². The number of thiophene rings is 3. The van der Waals surface area contributed by atoms with Gasteiger partial charge in [0.15, 0.2) is 11.6 Å². The number of H-pyrrole nitrogens is 1. The topological polar surface area (TPSA) is 365 Å². The van der Waals surface area contributed by atoms with Crippen molar-refractivity contribution in [1.29, 1.82) is 5.26 Å². The molecule has 9 aromatic rings. The minimum Gasteiger partial charge on any atom is -0.448 e. The predicted octanol–water partition coefficient (Wildman–Crippen LogP) is 12.0. The fraction of sp³-hybridized carbons (Fsp3) is 0.595. The Labute approximate surface area is 722 Å². The Morgan fingerprint density at radius 1 is 0.559 bits per heavy atom. The molecule has 0 spiro atoms. The number of anilines is 4. The number of nitriles is 1. The maximum Gasteiger partial charge on any atom is 0.435 e. The average molecular weight is 1740 g/mol. The van der Waals surface area contributed by atoms with E-state index in [9.17, 15) is 19.2 Å². The van der Waals surface area contributed by atoms with E-state index < -0.39 is 23.3 Å². The van der Waals surface area contributed by atoms with Gasteiger partial charge in [0.1, 0.15) is 49.7 Å². The van der Waals surface area contributed by atoms with Crippen LogP contribution < -0.4 is 26.6 Å². The number of aryl methyl sites for hydroxylation is 3. The van der Waals surface area contributed by atoms with E-state index in [4.69, 9.17) is 33.7 Å². The van der Waals surface area contributed by atoms with E-state index in [0.717, 1.165) is 166 Å². The highest BCUT2D eigenvalue weighted by Gasteiger charge is 2.49. The molecule has 118 heavy (non-hydrogen) atoms. The summed E-state index contributed by atoms with van der Waals surface area (Å²) >= 11 is 4.72. The predicted molar refractivity (Wildman–Crippen MR) is 473 cm³/mol. The van der Waals surface area contributed by atoms with Crippen molar-refractivity contribution in [2.75, 3.05) is 125 Å². The molecular weight excluding hydrogens is 1620 g/mol. The number of carbonyl (C=O) groups is 4. The van der Waals surface area contributed by atoms with Gasteiger partial charge in [0.25, 0.3) is 6.26 Å². The number of nitrogens with one attached hydrogen (secondary N) is 6. The molecule has 0 saturated carbocycles. The molecule has 33 nitrogen and oxygen atoms in total. The lowest BCUT2D eigenvalue weighted by Gasteiger charge is -2.37. The summed E-state index contributed by atoms with van der Waals surface area (Å²) in [5, 5.41) is 51.3. The number of hydrogen-bond acceptors (Lipinski definition) is 29. The quantitative estimate of drug-likeness (QED) is 0.0386. The number of likely N-dealkylation sites (N-methyl/N-ethyl adjacent to an activating group) is 3. The van der Waals surface area contributed by atoms with Crippen molar-refractivity contribution in [3.63, 3.8) is 0 Å². The number of aromatic amines is 1. The van der Waals surface area contributed by atoms with Gasteiger partial charge < -0.3 is 79.5 Å². The number of fused-ring (bicyclic) bond motifs is 6. The van der Waals surface area contributed by atoms with Crippen LogP contribution in [-0.4, -0.2) is 241 Å². The zero-order valence-electron chi connectivity index (χ0n) is 70.7. The Balaban J connectivity index is 0.000000187. The molecule has 15 rings (SSSR count). The van der Waals surface area contributed by atoms with Crippen molar-refractivity contribution in [1.82, 2.24) is 100 Å². The number of carbonyl (C=O) groups excluding carboxylic acids is 4. The third-order valence-corrected chi connectivity index (χ3v) is 24.3. The molecule has 3 fully saturated rings. The van der Waals surface area contributed by atoms with Crippen LogP contribution in [-0.2, 0) is 71.1 Å². The summed E-state index contributed by atoms with van der Waals surface area (Å²) in [4.78, 5) is 93.1. The second kappa shape index (κ2) is 41.0. The summed E-state index contributed by atoms with van der Waals surface area (Å²) < 4.78 is 34.7. The van der Waals surface area contributed by atoms with E-state index >= 15 is 0 Å². The van der Waals surface area contributed by atoms with Crippen LogP contribution in [0.3, 0.4) is 0 Å². The summed E-state index contributed by atoms with van der Waals surface area (Å²) in [6, 6.07) is 5.82. The fourth-order valence-corrected chi connectivity index (χ4v) is 18.6. The zero-order valence-corrected chi connectivity index (χ0v) is 76.1. The van der Waals surface area contributed by atoms with Crippen molar-refractivity contribution in [2.45, 2.75) is 176 Å². The molecule has 39 heteroatoms. The second-order valence-electron chi connectivity index (χ2n) is 32.2. The molecule has 9 aromatic heterocycles. The lowest BCUT2D eigenvalue weighted by molar-refractivity contribution is -0.00242. The standard InChI is InChI=1S/C27H38N8O4S.C24H34N8O2S.C18H21N5O2S.C10H18N2O2.3H2S/c1-7-39-26(37)35-21-19(23(32-35)31-22-18-10-13-40-24(18)29-16(2)28-22)14-34(27(21,3)4)25(36)30-20(15-33(5)6)17-8-11-38-12-9-17;1-14-25-20(16-8-11-35-22(16)26-14)28-21-17-12-32(24(2,3)19(17)29-30-21)23(33)27-18(13-31(4)5)15-6-9-34-10-7-15;1-5-25-17(24)23-15-12(9-19-18(15,3)4)14(22-23)8-13-11-6-7-26-16(11)21-10(2)20-13;1-12(2)7-10(14-8-11)9-3-5-13-6-4-9;;;/h10,13,17,20H,7-9,11-12,14-15H2,1-6H3,(H,30,36)(H,28,29,31,32);8,11,15,18H,6-7,9-10,12-13H2,1-5H3,(H,27,33)(H2,25,26,28,29,30);6-7,19H,5,8-9H2,1-4H3;9-10H,3-7H2,1-2H3;3*1H2/t20-;18-;;10-;;;/m11.1.../s1. The van der Waals surface area contributed by atoms with Crippen molar-refractivity contribution < 1.29 is 47.6 Å². The van der Waals surface area contributed by atoms with Crippen LogP contribution in [0.15, 0.2) is 34.3 Å². The maximum atomic E-state index is 13.9. The average Bonchev–Trinajstić information content (AvgIpc) is 1.62. The minimum absolute atomic E-state index is 0. The Morgan fingerprint density at radius 2 is 1.00 bits per heavy atom. The summed E-state index contributed by atoms with van der Waals surface area (Å²) in [7, 11) is 12.1. The number of amides is 4. The zero-order chi connectivity index (χ0) is 82.2. The van der Waals surface area contributed by atoms with Crippen LogP contribution in [0.25, 0.3) is 30.6 Å². The van der Waals surface area contributed by atoms with Gasteiger partial charge >= 0.3 is 24.2 Å². The Kier molecular flexibility index (Phi) is 32.6. The van der Waals surface area contributed by atoms with E-state index in [-0.39, 0.29) is 89.4 Å². The smallest absolute Gasteiger partial charge is 0.435 e. The molecule has 6 N–H and O–H groups in total. The first-order chi connectivity index (χ1) is 55.0. The maximum absolute atomic E-state index is 13.9. The van der Waals surface area contributed by atoms with Crippen LogP contribution in [0.1, 0.15) is 157 Å². The molecule has 644 valence electrons. The van der Waals surface area contributed by atoms with Crippen LogP contribution in [0.2, 0.25) is 0 Å². The molecule has 6 aliphatic heterocycles. The van der Waals surface area contributed by atoms with Gasteiger partial charge in [0.2, 0.25) is 0 Å². The molecule has 0 radical (unpaired) electrons. The summed E-state index contributed by atoms with van der Waals surface area (Å²) in [6.07, 6.45) is 7.11. The van der Waals surface area contributed by atoms with E-state index in [1.54, 1.807) is 47.7 Å². The highest BCUT2D eigenvalue weighted by molar-refractivity contribution is 7.59. The first-order valence-electron chi connectivity index (χ1n) is 39.5. The van der Waals surface area contributed by atoms with Gasteiger partial charge in [-0.1, -0.05) is 0 Å². The number of ether oxygens (including phenoxy) is 6. The van der Waals surface area contributed by atoms with Crippen molar-refractivity contribution >= 4 is 153 Å². The van der Waals surface area contributed by atoms with Crippen molar-refractivity contribution in [2.24, 2.45) is 17.8 Å².